The molecule has 0 bridgehead atoms. The summed E-state index contributed by atoms with van der Waals surface area (Å²) in [4.78, 5) is 12.1. The highest BCUT2D eigenvalue weighted by molar-refractivity contribution is 7.12. The van der Waals surface area contributed by atoms with Crippen LogP contribution in [0.4, 0.5) is 8.78 Å². The van der Waals surface area contributed by atoms with E-state index in [1.807, 2.05) is 20.8 Å². The Labute approximate surface area is 115 Å². The molecule has 3 nitrogen and oxygen atoms in total. The lowest BCUT2D eigenvalue weighted by molar-refractivity contribution is -0.188. The number of halogens is 2. The van der Waals surface area contributed by atoms with Gasteiger partial charge in [0.05, 0.1) is 6.61 Å². The zero-order valence-electron chi connectivity index (χ0n) is 11.4. The Bertz CT molecular complexity index is 449. The maximum atomic E-state index is 13.7. The molecule has 1 unspecified atom stereocenters. The molecule has 1 aromatic heterocycles. The summed E-state index contributed by atoms with van der Waals surface area (Å²) in [7, 11) is 0. The maximum Gasteiger partial charge on any atom is 0.380 e. The average Bonchev–Trinajstić information content (AvgIpc) is 2.76. The molecule has 0 saturated carbocycles. The summed E-state index contributed by atoms with van der Waals surface area (Å²) in [5.74, 6) is -5.64. The first-order valence-corrected chi connectivity index (χ1v) is 6.75. The van der Waals surface area contributed by atoms with Gasteiger partial charge in [-0.2, -0.15) is 8.78 Å². The maximum absolute atomic E-state index is 13.7. The quantitative estimate of drug-likeness (QED) is 0.866. The van der Waals surface area contributed by atoms with Gasteiger partial charge in [0.15, 0.2) is 6.10 Å². The summed E-state index contributed by atoms with van der Waals surface area (Å²) in [6.45, 7) is 7.11. The minimum atomic E-state index is -3.93. The fourth-order valence-corrected chi connectivity index (χ4v) is 2.51. The van der Waals surface area contributed by atoms with Crippen LogP contribution in [0.3, 0.4) is 0 Å². The largest absolute Gasteiger partial charge is 0.461 e. The molecular formula is C13H18F2O3S. The molecule has 0 saturated heterocycles. The molecule has 0 radical (unpaired) electrons. The topological polar surface area (TPSA) is 46.5 Å². The molecule has 0 fully saturated rings. The predicted octanol–water partition coefficient (Wildman–Crippen LogP) is 3.28. The minimum absolute atomic E-state index is 0.0583. The molecule has 108 valence electrons. The van der Waals surface area contributed by atoms with Gasteiger partial charge in [-0.1, -0.05) is 20.8 Å². The van der Waals surface area contributed by atoms with Gasteiger partial charge < -0.3 is 9.84 Å². The van der Waals surface area contributed by atoms with Gasteiger partial charge in [-0.05, 0) is 24.5 Å². The summed E-state index contributed by atoms with van der Waals surface area (Å²) in [6.07, 6.45) is -2.17. The lowest BCUT2D eigenvalue weighted by Crippen LogP contribution is -2.37. The van der Waals surface area contributed by atoms with Crippen molar-refractivity contribution in [3.63, 3.8) is 0 Å². The van der Waals surface area contributed by atoms with Crippen LogP contribution < -0.4 is 0 Å². The zero-order valence-corrected chi connectivity index (χ0v) is 12.2. The number of carbonyl (C=O) groups excluding carboxylic acids is 1. The molecule has 0 aliphatic heterocycles. The second kappa shape index (κ2) is 5.54. The molecule has 1 rings (SSSR count). The second-order valence-electron chi connectivity index (χ2n) is 5.20. The second-order valence-corrected chi connectivity index (χ2v) is 6.31. The Balaban J connectivity index is 2.97. The van der Waals surface area contributed by atoms with E-state index in [4.69, 9.17) is 0 Å². The Hall–Kier alpha value is -1.01. The molecule has 6 heteroatoms. The van der Waals surface area contributed by atoms with E-state index in [0.29, 0.717) is 0 Å². The van der Waals surface area contributed by atoms with E-state index in [0.717, 1.165) is 16.2 Å². The van der Waals surface area contributed by atoms with Gasteiger partial charge >= 0.3 is 11.9 Å². The highest BCUT2D eigenvalue weighted by Crippen LogP contribution is 2.38. The number of esters is 1. The number of thiophene rings is 1. The van der Waals surface area contributed by atoms with Crippen LogP contribution in [0.15, 0.2) is 12.1 Å². The van der Waals surface area contributed by atoms with Crippen molar-refractivity contribution >= 4 is 17.3 Å². The van der Waals surface area contributed by atoms with Crippen LogP contribution in [0.5, 0.6) is 0 Å². The van der Waals surface area contributed by atoms with E-state index in [9.17, 15) is 18.7 Å². The first-order valence-electron chi connectivity index (χ1n) is 5.94. The monoisotopic (exact) mass is 292 g/mol. The van der Waals surface area contributed by atoms with E-state index in [1.165, 1.54) is 13.0 Å². The normalized spacial score (nSPS) is 14.3. The summed E-state index contributed by atoms with van der Waals surface area (Å²) < 4.78 is 31.6. The van der Waals surface area contributed by atoms with Crippen LogP contribution in [0, 0.1) is 0 Å². The van der Waals surface area contributed by atoms with Gasteiger partial charge in [0.25, 0.3) is 0 Å². The number of aliphatic hydroxyl groups is 1. The smallest absolute Gasteiger partial charge is 0.380 e. The van der Waals surface area contributed by atoms with Crippen molar-refractivity contribution in [2.75, 3.05) is 6.61 Å². The number of hydrogen-bond donors (Lipinski definition) is 1. The minimum Gasteiger partial charge on any atom is -0.461 e. The number of aliphatic hydroxyl groups excluding tert-OH is 1. The summed E-state index contributed by atoms with van der Waals surface area (Å²) >= 11 is 1.07. The molecule has 1 N–H and O–H groups in total. The van der Waals surface area contributed by atoms with E-state index in [2.05, 4.69) is 4.74 Å². The van der Waals surface area contributed by atoms with Gasteiger partial charge in [0.2, 0.25) is 0 Å². The first-order chi connectivity index (χ1) is 8.60. The SMILES string of the molecule is CCOC(=O)C(F)(F)C(O)c1ccc(C(C)(C)C)s1. The molecule has 1 atom stereocenters. The molecule has 19 heavy (non-hydrogen) atoms. The van der Waals surface area contributed by atoms with Crippen molar-refractivity contribution in [2.24, 2.45) is 0 Å². The molecule has 0 aromatic carbocycles. The van der Waals surface area contributed by atoms with Crippen LogP contribution >= 0.6 is 11.3 Å². The van der Waals surface area contributed by atoms with Crippen LogP contribution in [-0.2, 0) is 14.9 Å². The molecular weight excluding hydrogens is 274 g/mol. The Kier molecular flexibility index (Phi) is 4.68. The molecule has 1 aromatic rings. The molecule has 0 aliphatic carbocycles. The third kappa shape index (κ3) is 3.51. The first kappa shape index (κ1) is 16.0. The van der Waals surface area contributed by atoms with Crippen molar-refractivity contribution in [1.29, 1.82) is 0 Å². The van der Waals surface area contributed by atoms with Gasteiger partial charge in [0.1, 0.15) is 0 Å². The third-order valence-corrected chi connectivity index (χ3v) is 4.09. The number of ether oxygens (including phenoxy) is 1. The van der Waals surface area contributed by atoms with Gasteiger partial charge in [-0.25, -0.2) is 4.79 Å². The summed E-state index contributed by atoms with van der Waals surface area (Å²) in [5, 5.41) is 9.68. The Morgan fingerprint density at radius 1 is 1.42 bits per heavy atom. The summed E-state index contributed by atoms with van der Waals surface area (Å²) in [5.41, 5.74) is -0.193. The summed E-state index contributed by atoms with van der Waals surface area (Å²) in [6, 6.07) is 3.10. The molecule has 1 heterocycles. The van der Waals surface area contributed by atoms with Crippen molar-refractivity contribution < 1.29 is 23.4 Å². The van der Waals surface area contributed by atoms with Crippen LogP contribution in [0.1, 0.15) is 43.6 Å². The number of hydrogen-bond acceptors (Lipinski definition) is 4. The number of rotatable bonds is 4. The average molecular weight is 292 g/mol. The van der Waals surface area contributed by atoms with Gasteiger partial charge in [0, 0.05) is 9.75 Å². The lowest BCUT2D eigenvalue weighted by Gasteiger charge is -2.20. The number of carbonyl (C=O) groups is 1. The van der Waals surface area contributed by atoms with Crippen molar-refractivity contribution in [1.82, 2.24) is 0 Å². The van der Waals surface area contributed by atoms with Gasteiger partial charge in [-0.3, -0.25) is 0 Å². The lowest BCUT2D eigenvalue weighted by atomic mass is 9.95. The van der Waals surface area contributed by atoms with E-state index >= 15 is 0 Å². The zero-order chi connectivity index (χ0) is 14.8. The van der Waals surface area contributed by atoms with Crippen molar-refractivity contribution in [2.45, 2.75) is 45.1 Å². The van der Waals surface area contributed by atoms with Crippen molar-refractivity contribution in [3.8, 4) is 0 Å². The fraction of sp³-hybridized carbons (Fsp3) is 0.615. The predicted molar refractivity (Wildman–Crippen MR) is 69.6 cm³/mol. The molecule has 0 amide bonds. The number of alkyl halides is 2. The molecule has 0 spiro atoms. The molecule has 0 aliphatic rings. The van der Waals surface area contributed by atoms with E-state index in [-0.39, 0.29) is 16.9 Å². The van der Waals surface area contributed by atoms with E-state index < -0.39 is 18.0 Å². The highest BCUT2D eigenvalue weighted by atomic mass is 32.1. The van der Waals surface area contributed by atoms with Crippen LogP contribution in [-0.4, -0.2) is 23.6 Å². The van der Waals surface area contributed by atoms with Crippen molar-refractivity contribution in [3.05, 3.63) is 21.9 Å². The Morgan fingerprint density at radius 2 is 2.00 bits per heavy atom. The third-order valence-electron chi connectivity index (χ3n) is 2.53. The van der Waals surface area contributed by atoms with Crippen LogP contribution in [0.25, 0.3) is 0 Å². The fourth-order valence-electron chi connectivity index (χ4n) is 1.42. The van der Waals surface area contributed by atoms with Gasteiger partial charge in [-0.15, -0.1) is 11.3 Å². The van der Waals surface area contributed by atoms with Crippen LogP contribution in [0.2, 0.25) is 0 Å². The van der Waals surface area contributed by atoms with E-state index in [1.54, 1.807) is 6.07 Å². The standard InChI is InChI=1S/C13H18F2O3S/c1-5-18-11(17)13(14,15)10(16)8-6-7-9(19-8)12(2,3)4/h6-7,10,16H,5H2,1-4H3. The Morgan fingerprint density at radius 3 is 2.42 bits per heavy atom. The highest BCUT2D eigenvalue weighted by Gasteiger charge is 2.49.